The molecule has 0 aromatic carbocycles. The number of carbonyl (C=O) groups excluding carboxylic acids is 4. The van der Waals surface area contributed by atoms with Gasteiger partial charge in [-0.1, -0.05) is 10.2 Å². The number of hydrogen-bond donors (Lipinski definition) is 1. The lowest BCUT2D eigenvalue weighted by Gasteiger charge is -2.26. The minimum atomic E-state index is -0.615. The number of hydrogen-bond acceptors (Lipinski definition) is 8. The van der Waals surface area contributed by atoms with Gasteiger partial charge in [0.2, 0.25) is 17.7 Å². The van der Waals surface area contributed by atoms with Crippen molar-refractivity contribution in [1.29, 1.82) is 0 Å². The van der Waals surface area contributed by atoms with Crippen molar-refractivity contribution in [2.45, 2.75) is 0 Å². The van der Waals surface area contributed by atoms with Gasteiger partial charge in [0.25, 0.3) is 0 Å². The molecule has 0 fully saturated rings. The molecule has 3 amide bonds. The molecule has 0 aromatic rings. The molecule has 0 rings (SSSR count). The highest BCUT2D eigenvalue weighted by atomic mass is 16.5. The van der Waals surface area contributed by atoms with E-state index in [9.17, 15) is 19.2 Å². The molecule has 30 heavy (non-hydrogen) atoms. The molecule has 0 bridgehead atoms. The van der Waals surface area contributed by atoms with Gasteiger partial charge in [0.05, 0.1) is 26.7 Å². The second-order valence-electron chi connectivity index (χ2n) is 5.98. The first-order chi connectivity index (χ1) is 14.3. The van der Waals surface area contributed by atoms with Crippen LogP contribution in [0.5, 0.6) is 0 Å². The van der Waals surface area contributed by atoms with Gasteiger partial charge in [-0.25, -0.2) is 0 Å². The Morgan fingerprint density at radius 2 is 1.50 bits per heavy atom. The smallest absolute Gasteiger partial charge is 0.325 e. The van der Waals surface area contributed by atoms with Crippen molar-refractivity contribution in [3.05, 3.63) is 20.9 Å². The molecule has 0 atom stereocenters. The van der Waals surface area contributed by atoms with Crippen LogP contribution in [0.3, 0.4) is 0 Å². The van der Waals surface area contributed by atoms with Gasteiger partial charge < -0.3 is 24.8 Å². The Hall–Kier alpha value is -3.54. The zero-order valence-corrected chi connectivity index (χ0v) is 17.2. The number of ether oxygens (including phenoxy) is 1. The van der Waals surface area contributed by atoms with E-state index in [1.54, 1.807) is 0 Å². The molecule has 1 N–H and O–H groups in total. The third kappa shape index (κ3) is 11.3. The summed E-state index contributed by atoms with van der Waals surface area (Å²) in [5.41, 5.74) is 16.6. The van der Waals surface area contributed by atoms with Crippen LogP contribution in [-0.2, 0) is 23.9 Å². The van der Waals surface area contributed by atoms with Crippen molar-refractivity contribution in [1.82, 2.24) is 20.0 Å². The van der Waals surface area contributed by atoms with E-state index in [0.29, 0.717) is 6.54 Å². The van der Waals surface area contributed by atoms with E-state index in [1.807, 2.05) is 0 Å². The highest BCUT2D eigenvalue weighted by Crippen LogP contribution is 1.98. The van der Waals surface area contributed by atoms with Crippen LogP contribution in [-0.4, -0.2) is 112 Å². The lowest BCUT2D eigenvalue weighted by atomic mass is 10.3. The predicted octanol–water partition coefficient (Wildman–Crippen LogP) is -0.885. The van der Waals surface area contributed by atoms with Gasteiger partial charge in [0, 0.05) is 50.1 Å². The van der Waals surface area contributed by atoms with Crippen molar-refractivity contribution in [3.63, 3.8) is 0 Å². The van der Waals surface area contributed by atoms with Gasteiger partial charge in [0.1, 0.15) is 6.54 Å². The number of azide groups is 2. The molecule has 166 valence electrons. The molecule has 0 spiro atoms. The van der Waals surface area contributed by atoms with E-state index in [2.05, 4.69) is 30.1 Å². The predicted molar refractivity (Wildman–Crippen MR) is 105 cm³/mol. The molecule has 0 aliphatic carbocycles. The Morgan fingerprint density at radius 3 is 2.10 bits per heavy atom. The van der Waals surface area contributed by atoms with Crippen LogP contribution in [0.25, 0.3) is 20.9 Å². The summed E-state index contributed by atoms with van der Waals surface area (Å²) < 4.78 is 4.49. The first kappa shape index (κ1) is 26.5. The lowest BCUT2D eigenvalue weighted by Crippen LogP contribution is -2.48. The first-order valence-electron chi connectivity index (χ1n) is 8.81. The fraction of sp³-hybridized carbons (Fsp3) is 0.733. The second-order valence-corrected chi connectivity index (χ2v) is 5.98. The van der Waals surface area contributed by atoms with Crippen LogP contribution in [0.1, 0.15) is 0 Å². The van der Waals surface area contributed by atoms with E-state index in [-0.39, 0.29) is 51.7 Å². The highest BCUT2D eigenvalue weighted by Gasteiger charge is 2.22. The quantitative estimate of drug-likeness (QED) is 0.123. The molecule has 0 aliphatic rings. The number of nitrogens with zero attached hydrogens (tertiary/aromatic N) is 9. The molecular weight excluding hydrogens is 400 g/mol. The van der Waals surface area contributed by atoms with E-state index in [0.717, 1.165) is 9.80 Å². The first-order valence-corrected chi connectivity index (χ1v) is 8.81. The van der Waals surface area contributed by atoms with Gasteiger partial charge >= 0.3 is 5.97 Å². The molecule has 0 unspecified atom stereocenters. The Morgan fingerprint density at radius 1 is 0.900 bits per heavy atom. The van der Waals surface area contributed by atoms with E-state index in [1.165, 1.54) is 26.1 Å². The molecule has 0 saturated carbocycles. The summed E-state index contributed by atoms with van der Waals surface area (Å²) in [6, 6.07) is 0. The van der Waals surface area contributed by atoms with Crippen molar-refractivity contribution in [3.8, 4) is 0 Å². The molecule has 15 nitrogen and oxygen atoms in total. The molecule has 0 aromatic heterocycles. The highest BCUT2D eigenvalue weighted by molar-refractivity contribution is 5.89. The van der Waals surface area contributed by atoms with Crippen LogP contribution in [0.2, 0.25) is 0 Å². The van der Waals surface area contributed by atoms with Gasteiger partial charge in [-0.05, 0) is 11.1 Å². The average Bonchev–Trinajstić information content (AvgIpc) is 2.72. The van der Waals surface area contributed by atoms with Gasteiger partial charge in [0.15, 0.2) is 0 Å². The third-order valence-electron chi connectivity index (χ3n) is 3.76. The van der Waals surface area contributed by atoms with Crippen LogP contribution in [0.4, 0.5) is 0 Å². The van der Waals surface area contributed by atoms with E-state index in [4.69, 9.17) is 11.1 Å². The average molecular weight is 426 g/mol. The number of nitrogens with one attached hydrogen (secondary N) is 1. The standard InChI is InChI=1S/C15H26N10O5/c1-23(12(26)8-18-4-5-19-21-16)9-14(28)25(7-6-20-22-17)10-13(27)24(2)11-15(29)30-3/h18H,4-11H2,1-3H3. The maximum absolute atomic E-state index is 12.6. The summed E-state index contributed by atoms with van der Waals surface area (Å²) in [6.07, 6.45) is 0. The van der Waals surface area contributed by atoms with E-state index >= 15 is 0 Å². The van der Waals surface area contributed by atoms with Gasteiger partial charge in [-0.15, -0.1) is 0 Å². The summed E-state index contributed by atoms with van der Waals surface area (Å²) in [7, 11) is 3.99. The topological polar surface area (TPSA) is 197 Å². The maximum Gasteiger partial charge on any atom is 0.325 e. The minimum absolute atomic E-state index is 0.0346. The lowest BCUT2D eigenvalue weighted by molar-refractivity contribution is -0.148. The summed E-state index contributed by atoms with van der Waals surface area (Å²) in [5, 5.41) is 9.44. The molecule has 0 radical (unpaired) electrons. The summed E-state index contributed by atoms with van der Waals surface area (Å²) >= 11 is 0. The number of likely N-dealkylation sites (N-methyl/N-ethyl adjacent to an activating group) is 2. The second kappa shape index (κ2) is 15.4. The molecule has 15 heteroatoms. The normalized spacial score (nSPS) is 9.57. The molecule has 0 heterocycles. The van der Waals surface area contributed by atoms with Crippen molar-refractivity contribution < 1.29 is 23.9 Å². The van der Waals surface area contributed by atoms with Crippen molar-refractivity contribution >= 4 is 23.7 Å². The molecular formula is C15H26N10O5. The molecule has 0 saturated heterocycles. The van der Waals surface area contributed by atoms with E-state index < -0.39 is 17.8 Å². The van der Waals surface area contributed by atoms with Crippen LogP contribution in [0, 0.1) is 0 Å². The zero-order chi connectivity index (χ0) is 22.9. The van der Waals surface area contributed by atoms with Crippen LogP contribution < -0.4 is 5.32 Å². The number of carbonyl (C=O) groups is 4. The summed E-state index contributed by atoms with van der Waals surface area (Å²) in [6.45, 7) is -0.627. The molecule has 0 aliphatic heterocycles. The number of esters is 1. The van der Waals surface area contributed by atoms with Crippen LogP contribution in [0.15, 0.2) is 10.2 Å². The summed E-state index contributed by atoms with van der Waals surface area (Å²) in [5.74, 6) is -2.05. The van der Waals surface area contributed by atoms with Crippen molar-refractivity contribution in [2.24, 2.45) is 10.2 Å². The Bertz CT molecular complexity index is 702. The third-order valence-corrected chi connectivity index (χ3v) is 3.76. The minimum Gasteiger partial charge on any atom is -0.468 e. The van der Waals surface area contributed by atoms with Gasteiger partial charge in [-0.2, -0.15) is 0 Å². The maximum atomic E-state index is 12.6. The number of methoxy groups -OCH3 is 1. The largest absolute Gasteiger partial charge is 0.468 e. The number of rotatable bonds is 14. The fourth-order valence-electron chi connectivity index (χ4n) is 2.03. The van der Waals surface area contributed by atoms with Crippen molar-refractivity contribution in [2.75, 3.05) is 73.6 Å². The SMILES string of the molecule is COC(=O)CN(C)C(=O)CN(CCN=[N+]=[N-])C(=O)CN(C)C(=O)CNCCN=[N+]=[N-]. The monoisotopic (exact) mass is 426 g/mol. The Kier molecular flexibility index (Phi) is 13.6. The Balaban J connectivity index is 4.85. The fourth-order valence-corrected chi connectivity index (χ4v) is 2.03. The zero-order valence-electron chi connectivity index (χ0n) is 17.2. The number of amides is 3. The van der Waals surface area contributed by atoms with Gasteiger partial charge in [-0.3, -0.25) is 19.2 Å². The van der Waals surface area contributed by atoms with Crippen LogP contribution >= 0.6 is 0 Å². The Labute approximate surface area is 173 Å². The summed E-state index contributed by atoms with van der Waals surface area (Å²) in [4.78, 5) is 56.8.